The fourth-order valence-electron chi connectivity index (χ4n) is 2.97. The van der Waals surface area contributed by atoms with E-state index < -0.39 is 0 Å². The van der Waals surface area contributed by atoms with Gasteiger partial charge in [0.2, 0.25) is 5.88 Å². The van der Waals surface area contributed by atoms with E-state index in [1.54, 1.807) is 6.20 Å². The minimum absolute atomic E-state index is 0.0267. The molecule has 5 heteroatoms. The lowest BCUT2D eigenvalue weighted by Crippen LogP contribution is -2.37. The first-order valence-electron chi connectivity index (χ1n) is 7.95. The maximum absolute atomic E-state index is 11.9. The largest absolute Gasteiger partial charge is 0.474 e. The van der Waals surface area contributed by atoms with Gasteiger partial charge in [0.25, 0.3) is 0 Å². The molecule has 0 aromatic carbocycles. The molecule has 2 heterocycles. The average molecular weight is 289 g/mol. The van der Waals surface area contributed by atoms with Gasteiger partial charge < -0.3 is 15.0 Å². The zero-order chi connectivity index (χ0) is 14.5. The van der Waals surface area contributed by atoms with Crippen LogP contribution in [-0.2, 0) is 6.54 Å². The Labute approximate surface area is 125 Å². The molecular weight excluding hydrogens is 266 g/mol. The molecule has 1 saturated heterocycles. The lowest BCUT2D eigenvalue weighted by atomic mass is 10.3. The molecule has 1 aromatic rings. The number of rotatable bonds is 4. The summed E-state index contributed by atoms with van der Waals surface area (Å²) in [5, 5.41) is 2.94. The van der Waals surface area contributed by atoms with Crippen LogP contribution in [0, 0.1) is 0 Å². The van der Waals surface area contributed by atoms with Crippen LogP contribution >= 0.6 is 0 Å². The molecule has 5 nitrogen and oxygen atoms in total. The fraction of sp³-hybridized carbons (Fsp3) is 0.625. The minimum Gasteiger partial charge on any atom is -0.474 e. The number of likely N-dealkylation sites (tertiary alicyclic amines) is 1. The molecule has 0 bridgehead atoms. The second-order valence-electron chi connectivity index (χ2n) is 5.88. The molecule has 2 amide bonds. The zero-order valence-corrected chi connectivity index (χ0v) is 12.4. The summed E-state index contributed by atoms with van der Waals surface area (Å²) in [6.45, 7) is 2.27. The molecule has 114 valence electrons. The quantitative estimate of drug-likeness (QED) is 0.927. The Balaban J connectivity index is 1.46. The molecule has 1 saturated carbocycles. The Morgan fingerprint density at radius 2 is 2.00 bits per heavy atom. The number of nitrogens with one attached hydrogen (secondary N) is 1. The maximum Gasteiger partial charge on any atom is 0.317 e. The molecule has 3 rings (SSSR count). The van der Waals surface area contributed by atoms with Gasteiger partial charge >= 0.3 is 6.03 Å². The summed E-state index contributed by atoms with van der Waals surface area (Å²) in [6.07, 6.45) is 9.12. The second kappa shape index (κ2) is 6.78. The summed E-state index contributed by atoms with van der Waals surface area (Å²) in [5.74, 6) is 0.691. The Morgan fingerprint density at radius 1 is 1.24 bits per heavy atom. The van der Waals surface area contributed by atoms with E-state index in [4.69, 9.17) is 4.74 Å². The monoisotopic (exact) mass is 289 g/mol. The number of urea groups is 1. The molecule has 0 atom stereocenters. The molecule has 0 spiro atoms. The SMILES string of the molecule is O=C(NCc1ccc(OC2CCCC2)nc1)N1CCCC1. The summed E-state index contributed by atoms with van der Waals surface area (Å²) in [5.41, 5.74) is 1.00. The smallest absolute Gasteiger partial charge is 0.317 e. The topological polar surface area (TPSA) is 54.5 Å². The van der Waals surface area contributed by atoms with Crippen molar-refractivity contribution in [3.8, 4) is 5.88 Å². The first kappa shape index (κ1) is 14.2. The Morgan fingerprint density at radius 3 is 2.67 bits per heavy atom. The van der Waals surface area contributed by atoms with Gasteiger partial charge in [-0.2, -0.15) is 0 Å². The van der Waals surface area contributed by atoms with Gasteiger partial charge in [0, 0.05) is 31.9 Å². The van der Waals surface area contributed by atoms with Crippen molar-refractivity contribution in [3.05, 3.63) is 23.9 Å². The van der Waals surface area contributed by atoms with Crippen LogP contribution in [0.15, 0.2) is 18.3 Å². The first-order chi connectivity index (χ1) is 10.3. The summed E-state index contributed by atoms with van der Waals surface area (Å²) in [4.78, 5) is 18.1. The minimum atomic E-state index is 0.0267. The number of carbonyl (C=O) groups is 1. The van der Waals surface area contributed by atoms with Crippen molar-refractivity contribution < 1.29 is 9.53 Å². The van der Waals surface area contributed by atoms with Crippen LogP contribution in [0.2, 0.25) is 0 Å². The van der Waals surface area contributed by atoms with Gasteiger partial charge in [0.1, 0.15) is 6.10 Å². The Kier molecular flexibility index (Phi) is 4.58. The number of pyridine rings is 1. The molecule has 21 heavy (non-hydrogen) atoms. The highest BCUT2D eigenvalue weighted by Crippen LogP contribution is 2.22. The van der Waals surface area contributed by atoms with Crippen molar-refractivity contribution in [3.63, 3.8) is 0 Å². The molecule has 2 aliphatic rings. The number of carbonyl (C=O) groups excluding carboxylic acids is 1. The van der Waals surface area contributed by atoms with Crippen LogP contribution in [0.3, 0.4) is 0 Å². The number of nitrogens with zero attached hydrogens (tertiary/aromatic N) is 2. The van der Waals surface area contributed by atoms with Crippen LogP contribution in [-0.4, -0.2) is 35.1 Å². The van der Waals surface area contributed by atoms with Crippen molar-refractivity contribution in [1.29, 1.82) is 0 Å². The molecular formula is C16H23N3O2. The van der Waals surface area contributed by atoms with Gasteiger partial charge in [-0.3, -0.25) is 0 Å². The van der Waals surface area contributed by atoms with Crippen LogP contribution in [0.1, 0.15) is 44.1 Å². The highest BCUT2D eigenvalue weighted by molar-refractivity contribution is 5.74. The van der Waals surface area contributed by atoms with Crippen LogP contribution in [0.25, 0.3) is 0 Å². The van der Waals surface area contributed by atoms with Gasteiger partial charge in [0.05, 0.1) is 0 Å². The van der Waals surface area contributed by atoms with Crippen LogP contribution < -0.4 is 10.1 Å². The third-order valence-corrected chi connectivity index (χ3v) is 4.22. The molecule has 0 unspecified atom stereocenters. The Hall–Kier alpha value is -1.78. The highest BCUT2D eigenvalue weighted by atomic mass is 16.5. The van der Waals surface area contributed by atoms with Gasteiger partial charge in [-0.1, -0.05) is 6.07 Å². The summed E-state index contributed by atoms with van der Waals surface area (Å²) in [7, 11) is 0. The molecule has 0 radical (unpaired) electrons. The average Bonchev–Trinajstić information content (AvgIpc) is 3.19. The number of hydrogen-bond acceptors (Lipinski definition) is 3. The summed E-state index contributed by atoms with van der Waals surface area (Å²) < 4.78 is 5.83. The van der Waals surface area contributed by atoms with Crippen molar-refractivity contribution >= 4 is 6.03 Å². The van der Waals surface area contributed by atoms with Crippen molar-refractivity contribution in [2.45, 2.75) is 51.2 Å². The van der Waals surface area contributed by atoms with Crippen LogP contribution in [0.5, 0.6) is 5.88 Å². The second-order valence-corrected chi connectivity index (χ2v) is 5.88. The van der Waals surface area contributed by atoms with E-state index in [0.29, 0.717) is 18.5 Å². The standard InChI is InChI=1S/C16H23N3O2/c20-16(19-9-3-4-10-19)18-12-13-7-8-15(17-11-13)21-14-5-1-2-6-14/h7-8,11,14H,1-6,9-10,12H2,(H,18,20). The first-order valence-corrected chi connectivity index (χ1v) is 7.95. The van der Waals surface area contributed by atoms with E-state index in [9.17, 15) is 4.79 Å². The molecule has 1 aliphatic heterocycles. The molecule has 1 N–H and O–H groups in total. The fourth-order valence-corrected chi connectivity index (χ4v) is 2.97. The van der Waals surface area contributed by atoms with E-state index in [0.717, 1.165) is 44.3 Å². The van der Waals surface area contributed by atoms with Crippen molar-refractivity contribution in [2.24, 2.45) is 0 Å². The maximum atomic E-state index is 11.9. The van der Waals surface area contributed by atoms with Gasteiger partial charge in [0.15, 0.2) is 0 Å². The van der Waals surface area contributed by atoms with Crippen molar-refractivity contribution in [1.82, 2.24) is 15.2 Å². The lowest BCUT2D eigenvalue weighted by Gasteiger charge is -2.16. The van der Waals surface area contributed by atoms with E-state index >= 15 is 0 Å². The highest BCUT2D eigenvalue weighted by Gasteiger charge is 2.18. The third kappa shape index (κ3) is 3.86. The third-order valence-electron chi connectivity index (χ3n) is 4.22. The van der Waals surface area contributed by atoms with Crippen molar-refractivity contribution in [2.75, 3.05) is 13.1 Å². The number of hydrogen-bond donors (Lipinski definition) is 1. The van der Waals surface area contributed by atoms with E-state index in [1.165, 1.54) is 12.8 Å². The van der Waals surface area contributed by atoms with Gasteiger partial charge in [-0.15, -0.1) is 0 Å². The van der Waals surface area contributed by atoms with Gasteiger partial charge in [-0.25, -0.2) is 9.78 Å². The lowest BCUT2D eigenvalue weighted by molar-refractivity contribution is 0.201. The molecule has 1 aromatic heterocycles. The molecule has 2 fully saturated rings. The summed E-state index contributed by atoms with van der Waals surface area (Å²) >= 11 is 0. The van der Waals surface area contributed by atoms with E-state index in [2.05, 4.69) is 10.3 Å². The molecule has 1 aliphatic carbocycles. The predicted molar refractivity (Wildman–Crippen MR) is 80.2 cm³/mol. The van der Waals surface area contributed by atoms with Crippen LogP contribution in [0.4, 0.5) is 4.79 Å². The summed E-state index contributed by atoms with van der Waals surface area (Å²) in [6, 6.07) is 3.90. The van der Waals surface area contributed by atoms with E-state index in [1.807, 2.05) is 17.0 Å². The normalized spacial score (nSPS) is 19.0. The predicted octanol–water partition coefficient (Wildman–Crippen LogP) is 2.71. The number of aromatic nitrogens is 1. The van der Waals surface area contributed by atoms with E-state index in [-0.39, 0.29) is 6.03 Å². The Bertz CT molecular complexity index is 463. The number of amides is 2. The zero-order valence-electron chi connectivity index (χ0n) is 12.4. The number of ether oxygens (including phenoxy) is 1. The van der Waals surface area contributed by atoms with Gasteiger partial charge in [-0.05, 0) is 44.1 Å².